The largest absolute Gasteiger partial charge is 0.359 e. The van der Waals surface area contributed by atoms with Gasteiger partial charge in [-0.05, 0) is 26.0 Å². The molecule has 2 nitrogen and oxygen atoms in total. The molecule has 0 aliphatic rings. The molecule has 0 saturated carbocycles. The van der Waals surface area contributed by atoms with Gasteiger partial charge in [0.15, 0.2) is 0 Å². The summed E-state index contributed by atoms with van der Waals surface area (Å²) in [7, 11) is 0. The van der Waals surface area contributed by atoms with E-state index in [-0.39, 0.29) is 6.10 Å². The summed E-state index contributed by atoms with van der Waals surface area (Å²) in [5.74, 6) is 6.08. The van der Waals surface area contributed by atoms with Gasteiger partial charge in [-0.3, -0.25) is 0 Å². The SMILES string of the molecule is Cc1csc(C(C)OCC#Cc2ccccc2)n1. The number of rotatable bonds is 3. The summed E-state index contributed by atoms with van der Waals surface area (Å²) in [6.45, 7) is 4.42. The van der Waals surface area contributed by atoms with Gasteiger partial charge in [0, 0.05) is 16.6 Å². The predicted molar refractivity (Wildman–Crippen MR) is 74.5 cm³/mol. The lowest BCUT2D eigenvalue weighted by atomic mass is 10.2. The highest BCUT2D eigenvalue weighted by Crippen LogP contribution is 2.20. The van der Waals surface area contributed by atoms with E-state index in [1.54, 1.807) is 11.3 Å². The minimum Gasteiger partial charge on any atom is -0.359 e. The highest BCUT2D eigenvalue weighted by atomic mass is 32.1. The molecule has 2 aromatic rings. The van der Waals surface area contributed by atoms with Gasteiger partial charge in [-0.2, -0.15) is 0 Å². The van der Waals surface area contributed by atoms with E-state index in [9.17, 15) is 0 Å². The van der Waals surface area contributed by atoms with Crippen LogP contribution in [0.2, 0.25) is 0 Å². The number of aromatic nitrogens is 1. The van der Waals surface area contributed by atoms with E-state index < -0.39 is 0 Å². The Morgan fingerprint density at radius 1 is 1.33 bits per heavy atom. The molecule has 1 aromatic heterocycles. The minimum absolute atomic E-state index is 0.00812. The molecule has 3 heteroatoms. The van der Waals surface area contributed by atoms with Crippen LogP contribution in [0.3, 0.4) is 0 Å². The van der Waals surface area contributed by atoms with Crippen LogP contribution in [-0.2, 0) is 4.74 Å². The molecule has 1 atom stereocenters. The van der Waals surface area contributed by atoms with Gasteiger partial charge in [-0.25, -0.2) is 4.98 Å². The van der Waals surface area contributed by atoms with Crippen LogP contribution in [0.4, 0.5) is 0 Å². The number of hydrogen-bond donors (Lipinski definition) is 0. The third kappa shape index (κ3) is 3.69. The Balaban J connectivity index is 1.84. The van der Waals surface area contributed by atoms with Gasteiger partial charge < -0.3 is 4.74 Å². The summed E-state index contributed by atoms with van der Waals surface area (Å²) in [6, 6.07) is 9.91. The maximum atomic E-state index is 5.64. The van der Waals surface area contributed by atoms with Gasteiger partial charge in [0.1, 0.15) is 17.7 Å². The lowest BCUT2D eigenvalue weighted by Gasteiger charge is -2.06. The van der Waals surface area contributed by atoms with E-state index in [4.69, 9.17) is 4.74 Å². The molecule has 0 saturated heterocycles. The smallest absolute Gasteiger partial charge is 0.122 e. The fourth-order valence-electron chi connectivity index (χ4n) is 1.46. The van der Waals surface area contributed by atoms with Crippen molar-refractivity contribution in [2.24, 2.45) is 0 Å². The Bertz CT molecular complexity index is 551. The van der Waals surface area contributed by atoms with E-state index in [0.29, 0.717) is 6.61 Å². The van der Waals surface area contributed by atoms with Crippen molar-refractivity contribution in [2.75, 3.05) is 6.61 Å². The molecule has 1 heterocycles. The molecule has 0 amide bonds. The molecule has 1 aromatic carbocycles. The lowest BCUT2D eigenvalue weighted by molar-refractivity contribution is 0.0923. The molecule has 0 bridgehead atoms. The second kappa shape index (κ2) is 6.34. The third-order valence-corrected chi connectivity index (χ3v) is 3.52. The van der Waals surface area contributed by atoms with Gasteiger partial charge in [0.25, 0.3) is 0 Å². The van der Waals surface area contributed by atoms with Crippen LogP contribution >= 0.6 is 11.3 Å². The van der Waals surface area contributed by atoms with E-state index in [1.165, 1.54) is 0 Å². The van der Waals surface area contributed by atoms with Crippen molar-refractivity contribution >= 4 is 11.3 Å². The first kappa shape index (κ1) is 12.8. The average molecular weight is 257 g/mol. The average Bonchev–Trinajstić information content (AvgIpc) is 2.82. The first-order valence-corrected chi connectivity index (χ1v) is 6.71. The normalized spacial score (nSPS) is 11.7. The molecule has 0 spiro atoms. The van der Waals surface area contributed by atoms with Crippen LogP contribution in [0.25, 0.3) is 0 Å². The van der Waals surface area contributed by atoms with Gasteiger partial charge in [-0.1, -0.05) is 30.0 Å². The van der Waals surface area contributed by atoms with Crippen molar-refractivity contribution in [1.29, 1.82) is 0 Å². The van der Waals surface area contributed by atoms with Crippen molar-refractivity contribution < 1.29 is 4.74 Å². The first-order valence-electron chi connectivity index (χ1n) is 5.83. The standard InChI is InChI=1S/C15H15NOS/c1-12-11-18-15(16-12)13(2)17-10-6-9-14-7-4-3-5-8-14/h3-5,7-8,11,13H,10H2,1-2H3. The van der Waals surface area contributed by atoms with Crippen LogP contribution in [0.5, 0.6) is 0 Å². The monoisotopic (exact) mass is 257 g/mol. The molecule has 0 N–H and O–H groups in total. The minimum atomic E-state index is 0.00812. The summed E-state index contributed by atoms with van der Waals surface area (Å²) in [5.41, 5.74) is 2.06. The molecular formula is C15H15NOS. The summed E-state index contributed by atoms with van der Waals surface area (Å²) in [5, 5.41) is 3.04. The highest BCUT2D eigenvalue weighted by Gasteiger charge is 2.08. The number of aryl methyl sites for hydroxylation is 1. The third-order valence-electron chi connectivity index (χ3n) is 2.40. The Morgan fingerprint density at radius 2 is 2.11 bits per heavy atom. The Labute approximate surface area is 112 Å². The van der Waals surface area contributed by atoms with Crippen molar-refractivity contribution in [3.05, 3.63) is 52.0 Å². The maximum Gasteiger partial charge on any atom is 0.122 e. The summed E-state index contributed by atoms with van der Waals surface area (Å²) in [4.78, 5) is 4.39. The fourth-order valence-corrected chi connectivity index (χ4v) is 2.26. The fraction of sp³-hybridized carbons (Fsp3) is 0.267. The number of thiazole rings is 1. The zero-order chi connectivity index (χ0) is 12.8. The number of hydrogen-bond acceptors (Lipinski definition) is 3. The van der Waals surface area contributed by atoms with Crippen LogP contribution in [-0.4, -0.2) is 11.6 Å². The molecule has 1 unspecified atom stereocenters. The van der Waals surface area contributed by atoms with Crippen LogP contribution in [0.15, 0.2) is 35.7 Å². The summed E-state index contributed by atoms with van der Waals surface area (Å²) in [6.07, 6.45) is 0.00812. The molecular weight excluding hydrogens is 242 g/mol. The second-order valence-electron chi connectivity index (χ2n) is 3.95. The van der Waals surface area contributed by atoms with Crippen LogP contribution < -0.4 is 0 Å². The second-order valence-corrected chi connectivity index (χ2v) is 4.84. The van der Waals surface area contributed by atoms with E-state index in [0.717, 1.165) is 16.3 Å². The maximum absolute atomic E-state index is 5.64. The molecule has 92 valence electrons. The Morgan fingerprint density at radius 3 is 2.78 bits per heavy atom. The van der Waals surface area contributed by atoms with Crippen molar-refractivity contribution in [2.45, 2.75) is 20.0 Å². The predicted octanol–water partition coefficient (Wildman–Crippen LogP) is 3.58. The zero-order valence-corrected chi connectivity index (χ0v) is 11.3. The molecule has 18 heavy (non-hydrogen) atoms. The molecule has 0 aliphatic carbocycles. The van der Waals surface area contributed by atoms with Crippen LogP contribution in [0, 0.1) is 18.8 Å². The van der Waals surface area contributed by atoms with Crippen LogP contribution in [0.1, 0.15) is 29.3 Å². The van der Waals surface area contributed by atoms with Gasteiger partial charge in [-0.15, -0.1) is 11.3 Å². The van der Waals surface area contributed by atoms with Crippen molar-refractivity contribution in [1.82, 2.24) is 4.98 Å². The molecule has 0 fully saturated rings. The zero-order valence-electron chi connectivity index (χ0n) is 10.5. The van der Waals surface area contributed by atoms with Gasteiger partial charge >= 0.3 is 0 Å². The number of benzene rings is 1. The molecule has 2 rings (SSSR count). The van der Waals surface area contributed by atoms with E-state index in [2.05, 4.69) is 16.8 Å². The topological polar surface area (TPSA) is 22.1 Å². The van der Waals surface area contributed by atoms with Crippen molar-refractivity contribution in [3.63, 3.8) is 0 Å². The Kier molecular flexibility index (Phi) is 4.52. The lowest BCUT2D eigenvalue weighted by Crippen LogP contribution is -1.99. The summed E-state index contributed by atoms with van der Waals surface area (Å²) >= 11 is 1.63. The van der Waals surface area contributed by atoms with Crippen molar-refractivity contribution in [3.8, 4) is 11.8 Å². The molecule has 0 aliphatic heterocycles. The van der Waals surface area contributed by atoms with Gasteiger partial charge in [0.2, 0.25) is 0 Å². The van der Waals surface area contributed by atoms with Gasteiger partial charge in [0.05, 0.1) is 0 Å². The van der Waals surface area contributed by atoms with E-state index in [1.807, 2.05) is 49.6 Å². The number of nitrogens with zero attached hydrogens (tertiary/aromatic N) is 1. The first-order chi connectivity index (χ1) is 8.75. The Hall–Kier alpha value is -1.63. The molecule has 0 radical (unpaired) electrons. The highest BCUT2D eigenvalue weighted by molar-refractivity contribution is 7.09. The quantitative estimate of drug-likeness (QED) is 0.784. The summed E-state index contributed by atoms with van der Waals surface area (Å²) < 4.78 is 5.64. The van der Waals surface area contributed by atoms with E-state index >= 15 is 0 Å². The number of ether oxygens (including phenoxy) is 1.